The van der Waals surface area contributed by atoms with Crippen LogP contribution in [0.3, 0.4) is 0 Å². The van der Waals surface area contributed by atoms with Crippen LogP contribution in [0.25, 0.3) is 11.1 Å². The fraction of sp³-hybridized carbons (Fsp3) is 0.455. The van der Waals surface area contributed by atoms with Crippen LogP contribution in [0, 0.1) is 5.92 Å². The third-order valence-corrected chi connectivity index (χ3v) is 4.93. The molecule has 0 saturated carbocycles. The van der Waals surface area contributed by atoms with E-state index in [1.54, 1.807) is 19.5 Å². The molecule has 3 rings (SSSR count). The zero-order valence-corrected chi connectivity index (χ0v) is 18.2. The van der Waals surface area contributed by atoms with E-state index in [0.717, 1.165) is 36.5 Å². The second kappa shape index (κ2) is 12.7. The molecule has 1 aromatic heterocycles. The second-order valence-electron chi connectivity index (χ2n) is 7.44. The van der Waals surface area contributed by atoms with Crippen molar-refractivity contribution in [2.45, 2.75) is 31.9 Å². The molecule has 1 aliphatic rings. The fourth-order valence-electron chi connectivity index (χ4n) is 3.09. The van der Waals surface area contributed by atoms with Crippen LogP contribution in [0.1, 0.15) is 25.1 Å². The second-order valence-corrected chi connectivity index (χ2v) is 7.44. The number of carbonyl (C=O) groups excluding carboxylic acids is 1. The van der Waals surface area contributed by atoms with Crippen molar-refractivity contribution in [1.82, 2.24) is 20.6 Å². The van der Waals surface area contributed by atoms with Crippen LogP contribution in [0.15, 0.2) is 36.7 Å². The van der Waals surface area contributed by atoms with Gasteiger partial charge in [0.2, 0.25) is 5.91 Å². The number of amides is 1. The molecule has 0 bridgehead atoms. The van der Waals surface area contributed by atoms with Crippen molar-refractivity contribution in [3.63, 3.8) is 0 Å². The summed E-state index contributed by atoms with van der Waals surface area (Å²) in [7, 11) is 1.65. The maximum atomic E-state index is 12.0. The summed E-state index contributed by atoms with van der Waals surface area (Å²) in [6.45, 7) is 2.84. The summed E-state index contributed by atoms with van der Waals surface area (Å²) in [5.74, 6) is -0.628. The van der Waals surface area contributed by atoms with Crippen LogP contribution < -0.4 is 15.4 Å². The molecule has 33 heavy (non-hydrogen) atoms. The van der Waals surface area contributed by atoms with Crippen LogP contribution >= 0.6 is 0 Å². The van der Waals surface area contributed by atoms with Crippen molar-refractivity contribution in [2.24, 2.45) is 5.92 Å². The van der Waals surface area contributed by atoms with Gasteiger partial charge in [0.05, 0.1) is 7.11 Å². The van der Waals surface area contributed by atoms with Crippen molar-refractivity contribution < 1.29 is 32.6 Å². The Morgan fingerprint density at radius 2 is 1.82 bits per heavy atom. The number of ether oxygens (including phenoxy) is 1. The number of aromatic nitrogens is 2. The molecule has 8 nitrogen and oxygen atoms in total. The number of carboxylic acids is 1. The summed E-state index contributed by atoms with van der Waals surface area (Å²) >= 11 is 0. The third kappa shape index (κ3) is 9.44. The number of piperidine rings is 1. The van der Waals surface area contributed by atoms with Gasteiger partial charge in [-0.2, -0.15) is 13.2 Å². The van der Waals surface area contributed by atoms with E-state index >= 15 is 0 Å². The third-order valence-electron chi connectivity index (χ3n) is 4.93. The molecule has 0 radical (unpaired) electrons. The highest BCUT2D eigenvalue weighted by Crippen LogP contribution is 2.21. The Morgan fingerprint density at radius 1 is 1.18 bits per heavy atom. The molecule has 0 spiro atoms. The molecule has 2 heterocycles. The first-order valence-corrected chi connectivity index (χ1v) is 10.4. The molecule has 1 atom stereocenters. The molecular weight excluding hydrogens is 441 g/mol. The number of aliphatic carboxylic acids is 1. The lowest BCUT2D eigenvalue weighted by Gasteiger charge is -2.22. The quantitative estimate of drug-likeness (QED) is 0.573. The standard InChI is InChI=1S/C20H26N4O2.C2HF3O2/c1-26-18-6-4-16(5-7-18)17-13-22-19(23-14-17)8-9-20(25)24-12-15-3-2-10-21-11-15;3-2(4,5)1(6)7/h4-7,13-15,21H,2-3,8-12H2,1H3,(H,24,25);(H,6,7). The van der Waals surface area contributed by atoms with Gasteiger partial charge in [-0.25, -0.2) is 14.8 Å². The Kier molecular flexibility index (Phi) is 10.0. The number of rotatable bonds is 7. The largest absolute Gasteiger partial charge is 0.497 e. The molecule has 1 amide bonds. The van der Waals surface area contributed by atoms with E-state index < -0.39 is 12.1 Å². The van der Waals surface area contributed by atoms with Crippen LogP contribution in [0.4, 0.5) is 13.2 Å². The van der Waals surface area contributed by atoms with E-state index in [9.17, 15) is 18.0 Å². The zero-order valence-electron chi connectivity index (χ0n) is 18.2. The average Bonchev–Trinajstić information content (AvgIpc) is 2.82. The summed E-state index contributed by atoms with van der Waals surface area (Å²) in [5, 5.41) is 13.5. The van der Waals surface area contributed by atoms with Gasteiger partial charge in [0.1, 0.15) is 11.6 Å². The summed E-state index contributed by atoms with van der Waals surface area (Å²) < 4.78 is 36.9. The van der Waals surface area contributed by atoms with Crippen molar-refractivity contribution in [2.75, 3.05) is 26.7 Å². The first-order valence-electron chi connectivity index (χ1n) is 10.4. The number of benzene rings is 1. The topological polar surface area (TPSA) is 113 Å². The van der Waals surface area contributed by atoms with Gasteiger partial charge in [-0.05, 0) is 49.5 Å². The highest BCUT2D eigenvalue weighted by Gasteiger charge is 2.38. The van der Waals surface area contributed by atoms with Crippen molar-refractivity contribution >= 4 is 11.9 Å². The molecule has 1 saturated heterocycles. The fourth-order valence-corrected chi connectivity index (χ4v) is 3.09. The Balaban J connectivity index is 0.000000479. The number of hydrogen-bond donors (Lipinski definition) is 3. The van der Waals surface area contributed by atoms with E-state index in [1.165, 1.54) is 12.8 Å². The number of carbonyl (C=O) groups is 2. The Hall–Kier alpha value is -3.21. The number of aryl methyl sites for hydroxylation is 1. The van der Waals surface area contributed by atoms with Crippen molar-refractivity contribution in [3.05, 3.63) is 42.5 Å². The maximum Gasteiger partial charge on any atom is 0.490 e. The zero-order chi connectivity index (χ0) is 24.3. The normalized spacial score (nSPS) is 15.7. The average molecular weight is 468 g/mol. The van der Waals surface area contributed by atoms with Gasteiger partial charge in [-0.1, -0.05) is 12.1 Å². The molecule has 1 aliphatic heterocycles. The molecule has 2 aromatic rings. The number of nitrogens with zero attached hydrogens (tertiary/aromatic N) is 2. The van der Waals surface area contributed by atoms with E-state index in [4.69, 9.17) is 14.6 Å². The van der Waals surface area contributed by atoms with Crippen LogP contribution in [0.5, 0.6) is 5.75 Å². The van der Waals surface area contributed by atoms with Crippen LogP contribution in [0.2, 0.25) is 0 Å². The summed E-state index contributed by atoms with van der Waals surface area (Å²) in [4.78, 5) is 29.7. The van der Waals surface area contributed by atoms with Gasteiger partial charge in [-0.15, -0.1) is 0 Å². The molecular formula is C22H27F3N4O4. The number of halogens is 3. The minimum absolute atomic E-state index is 0.0680. The predicted octanol–water partition coefficient (Wildman–Crippen LogP) is 2.83. The SMILES string of the molecule is COc1ccc(-c2cnc(CCC(=O)NCC3CCCNC3)nc2)cc1.O=C(O)C(F)(F)F. The minimum Gasteiger partial charge on any atom is -0.497 e. The Bertz CT molecular complexity index is 884. The number of methoxy groups -OCH3 is 1. The molecule has 3 N–H and O–H groups in total. The molecule has 1 fully saturated rings. The van der Waals surface area contributed by atoms with E-state index in [2.05, 4.69) is 20.6 Å². The Labute approximate surface area is 189 Å². The molecule has 11 heteroatoms. The van der Waals surface area contributed by atoms with Crippen LogP contribution in [-0.2, 0) is 16.0 Å². The van der Waals surface area contributed by atoms with Crippen LogP contribution in [-0.4, -0.2) is 59.9 Å². The summed E-state index contributed by atoms with van der Waals surface area (Å²) in [6, 6.07) is 7.78. The number of hydrogen-bond acceptors (Lipinski definition) is 6. The Morgan fingerprint density at radius 3 is 2.33 bits per heavy atom. The minimum atomic E-state index is -5.08. The van der Waals surface area contributed by atoms with Gasteiger partial charge in [0.15, 0.2) is 0 Å². The number of carboxylic acid groups (broad SMARTS) is 1. The van der Waals surface area contributed by atoms with E-state index in [0.29, 0.717) is 24.6 Å². The van der Waals surface area contributed by atoms with E-state index in [-0.39, 0.29) is 5.91 Å². The molecule has 0 aliphatic carbocycles. The number of alkyl halides is 3. The van der Waals surface area contributed by atoms with Gasteiger partial charge >= 0.3 is 12.1 Å². The smallest absolute Gasteiger partial charge is 0.490 e. The van der Waals surface area contributed by atoms with Gasteiger partial charge in [0, 0.05) is 37.3 Å². The lowest BCUT2D eigenvalue weighted by Crippen LogP contribution is -2.38. The van der Waals surface area contributed by atoms with Crippen molar-refractivity contribution in [3.8, 4) is 16.9 Å². The first kappa shape index (κ1) is 26.0. The highest BCUT2D eigenvalue weighted by atomic mass is 19.4. The monoisotopic (exact) mass is 468 g/mol. The summed E-state index contributed by atoms with van der Waals surface area (Å²) in [6.07, 6.45) is 1.86. The summed E-state index contributed by atoms with van der Waals surface area (Å²) in [5.41, 5.74) is 1.99. The maximum absolute atomic E-state index is 12.0. The molecule has 1 aromatic carbocycles. The molecule has 1 unspecified atom stereocenters. The molecule has 180 valence electrons. The lowest BCUT2D eigenvalue weighted by atomic mass is 10.00. The van der Waals surface area contributed by atoms with E-state index in [1.807, 2.05) is 24.3 Å². The van der Waals surface area contributed by atoms with Gasteiger partial charge < -0.3 is 20.5 Å². The van der Waals surface area contributed by atoms with Gasteiger partial charge in [0.25, 0.3) is 0 Å². The lowest BCUT2D eigenvalue weighted by molar-refractivity contribution is -0.192. The first-order chi connectivity index (χ1) is 15.7. The number of nitrogens with one attached hydrogen (secondary N) is 2. The van der Waals surface area contributed by atoms with Gasteiger partial charge in [-0.3, -0.25) is 4.79 Å². The highest BCUT2D eigenvalue weighted by molar-refractivity contribution is 5.76. The van der Waals surface area contributed by atoms with Crippen molar-refractivity contribution in [1.29, 1.82) is 0 Å². The predicted molar refractivity (Wildman–Crippen MR) is 115 cm³/mol.